The Morgan fingerprint density at radius 1 is 1.50 bits per heavy atom. The van der Waals surface area contributed by atoms with Gasteiger partial charge in [0.05, 0.1) is 12.0 Å². The number of guanidine groups is 1. The van der Waals surface area contributed by atoms with E-state index in [1.807, 2.05) is 0 Å². The molecule has 0 aromatic carbocycles. The second-order valence-corrected chi connectivity index (χ2v) is 3.20. The van der Waals surface area contributed by atoms with E-state index in [-0.39, 0.29) is 11.9 Å². The zero-order valence-electron chi connectivity index (χ0n) is 7.72. The summed E-state index contributed by atoms with van der Waals surface area (Å²) in [5.74, 6) is -0.0699. The van der Waals surface area contributed by atoms with Crippen LogP contribution in [0, 0.1) is 5.41 Å². The maximum atomic E-state index is 11.2. The summed E-state index contributed by atoms with van der Waals surface area (Å²) >= 11 is 0. The first-order valence-corrected chi connectivity index (χ1v) is 3.67. The molecule has 0 rings (SSSR count). The average Bonchev–Trinajstić information content (AvgIpc) is 1.99. The summed E-state index contributed by atoms with van der Waals surface area (Å²) in [6, 6.07) is 0. The molecule has 5 nitrogen and oxygen atoms in total. The molecule has 5 heteroatoms. The predicted octanol–water partition coefficient (Wildman–Crippen LogP) is -0.968. The molecule has 1 amide bonds. The Balaban J connectivity index is 4.22. The van der Waals surface area contributed by atoms with Crippen LogP contribution in [0.4, 0.5) is 0 Å². The van der Waals surface area contributed by atoms with Gasteiger partial charge in [-0.3, -0.25) is 9.79 Å². The number of carbonyl (C=O) groups excluding carboxylic acids is 1. The van der Waals surface area contributed by atoms with Gasteiger partial charge in [0.25, 0.3) is 0 Å². The number of carbonyl (C=O) groups is 1. The molecule has 0 bridgehead atoms. The van der Waals surface area contributed by atoms with Gasteiger partial charge in [0.2, 0.25) is 5.91 Å². The van der Waals surface area contributed by atoms with E-state index in [0.29, 0.717) is 6.54 Å². The average molecular weight is 172 g/mol. The van der Waals surface area contributed by atoms with E-state index >= 15 is 0 Å². The second kappa shape index (κ2) is 3.94. The van der Waals surface area contributed by atoms with Crippen LogP contribution in [-0.4, -0.2) is 25.5 Å². The van der Waals surface area contributed by atoms with Gasteiger partial charge in [-0.25, -0.2) is 0 Å². The summed E-state index contributed by atoms with van der Waals surface area (Å²) in [6.07, 6.45) is 0. The fourth-order valence-corrected chi connectivity index (χ4v) is 0.699. The van der Waals surface area contributed by atoms with Crippen LogP contribution in [-0.2, 0) is 4.79 Å². The molecule has 0 atom stereocenters. The normalized spacial score (nSPS) is 10.6. The van der Waals surface area contributed by atoms with Crippen molar-refractivity contribution >= 4 is 11.9 Å². The molecule has 0 saturated heterocycles. The van der Waals surface area contributed by atoms with Crippen LogP contribution in [0.25, 0.3) is 0 Å². The molecule has 12 heavy (non-hydrogen) atoms. The Kier molecular flexibility index (Phi) is 3.53. The van der Waals surface area contributed by atoms with Crippen molar-refractivity contribution in [2.24, 2.45) is 21.9 Å². The van der Waals surface area contributed by atoms with Crippen LogP contribution >= 0.6 is 0 Å². The molecular weight excluding hydrogens is 156 g/mol. The highest BCUT2D eigenvalue weighted by Crippen LogP contribution is 2.14. The van der Waals surface area contributed by atoms with Gasteiger partial charge < -0.3 is 16.8 Å². The number of aliphatic imine (C=N–C) groups is 1. The van der Waals surface area contributed by atoms with Crippen LogP contribution < -0.4 is 16.8 Å². The monoisotopic (exact) mass is 172 g/mol. The van der Waals surface area contributed by atoms with E-state index in [4.69, 9.17) is 11.5 Å². The summed E-state index contributed by atoms with van der Waals surface area (Å²) < 4.78 is 0. The molecule has 0 radical (unpaired) electrons. The lowest BCUT2D eigenvalue weighted by Crippen LogP contribution is -2.37. The Labute approximate surface area is 72.2 Å². The summed E-state index contributed by atoms with van der Waals surface area (Å²) in [5, 5.41) is 2.54. The number of nitrogens with one attached hydrogen (secondary N) is 1. The van der Waals surface area contributed by atoms with E-state index < -0.39 is 5.41 Å². The fraction of sp³-hybridized carbons (Fsp3) is 0.714. The third-order valence-corrected chi connectivity index (χ3v) is 1.50. The van der Waals surface area contributed by atoms with Crippen molar-refractivity contribution < 1.29 is 4.79 Å². The lowest BCUT2D eigenvalue weighted by atomic mass is 9.93. The largest absolute Gasteiger partial charge is 0.370 e. The van der Waals surface area contributed by atoms with Crippen molar-refractivity contribution in [2.75, 3.05) is 13.6 Å². The van der Waals surface area contributed by atoms with Crippen molar-refractivity contribution in [1.82, 2.24) is 5.32 Å². The molecule has 0 spiro atoms. The highest BCUT2D eigenvalue weighted by molar-refractivity contribution is 5.82. The number of hydrogen-bond donors (Lipinski definition) is 3. The van der Waals surface area contributed by atoms with Gasteiger partial charge in [-0.1, -0.05) is 0 Å². The molecule has 0 saturated carbocycles. The molecular formula is C7H16N4O. The first-order chi connectivity index (χ1) is 5.40. The van der Waals surface area contributed by atoms with Crippen LogP contribution in [0.2, 0.25) is 0 Å². The van der Waals surface area contributed by atoms with Gasteiger partial charge in [0.15, 0.2) is 5.96 Å². The number of hydrogen-bond acceptors (Lipinski definition) is 2. The fourth-order valence-electron chi connectivity index (χ4n) is 0.699. The molecule has 0 aliphatic rings. The van der Waals surface area contributed by atoms with Crippen molar-refractivity contribution in [3.8, 4) is 0 Å². The molecule has 70 valence electrons. The van der Waals surface area contributed by atoms with Gasteiger partial charge in [0, 0.05) is 7.05 Å². The molecule has 0 aliphatic carbocycles. The quantitative estimate of drug-likeness (QED) is 0.378. The highest BCUT2D eigenvalue weighted by Gasteiger charge is 2.25. The summed E-state index contributed by atoms with van der Waals surface area (Å²) in [7, 11) is 1.58. The molecule has 0 heterocycles. The lowest BCUT2D eigenvalue weighted by Gasteiger charge is -2.19. The maximum absolute atomic E-state index is 11.2. The topological polar surface area (TPSA) is 93.5 Å². The summed E-state index contributed by atoms with van der Waals surface area (Å²) in [5.41, 5.74) is 9.72. The van der Waals surface area contributed by atoms with E-state index in [2.05, 4.69) is 10.3 Å². The van der Waals surface area contributed by atoms with Crippen LogP contribution in [0.1, 0.15) is 13.8 Å². The Morgan fingerprint density at radius 3 is 2.33 bits per heavy atom. The molecule has 0 aliphatic heterocycles. The molecule has 0 aromatic heterocycles. The SMILES string of the molecule is CNC(=O)C(C)(C)CN=C(N)N. The van der Waals surface area contributed by atoms with Crippen molar-refractivity contribution in [1.29, 1.82) is 0 Å². The van der Waals surface area contributed by atoms with Crippen molar-refractivity contribution in [3.05, 3.63) is 0 Å². The summed E-state index contributed by atoms with van der Waals surface area (Å²) in [6.45, 7) is 3.85. The number of rotatable bonds is 3. The van der Waals surface area contributed by atoms with Crippen LogP contribution in [0.15, 0.2) is 4.99 Å². The predicted molar refractivity (Wildman–Crippen MR) is 48.5 cm³/mol. The summed E-state index contributed by atoms with van der Waals surface area (Å²) in [4.78, 5) is 15.0. The first-order valence-electron chi connectivity index (χ1n) is 3.67. The standard InChI is InChI=1S/C7H16N4O/c1-7(2,5(12)10-3)4-11-6(8)9/h4H2,1-3H3,(H,10,12)(H4,8,9,11). The number of nitrogens with two attached hydrogens (primary N) is 2. The third-order valence-electron chi connectivity index (χ3n) is 1.50. The lowest BCUT2D eigenvalue weighted by molar-refractivity contribution is -0.128. The third kappa shape index (κ3) is 3.23. The molecule has 0 aromatic rings. The molecule has 0 unspecified atom stereocenters. The Morgan fingerprint density at radius 2 is 2.00 bits per heavy atom. The van der Waals surface area contributed by atoms with Gasteiger partial charge >= 0.3 is 0 Å². The molecule has 5 N–H and O–H groups in total. The minimum atomic E-state index is -0.557. The number of nitrogens with zero attached hydrogens (tertiary/aromatic N) is 1. The van der Waals surface area contributed by atoms with Crippen LogP contribution in [0.3, 0.4) is 0 Å². The van der Waals surface area contributed by atoms with Gasteiger partial charge in [-0.05, 0) is 13.8 Å². The zero-order valence-corrected chi connectivity index (χ0v) is 7.72. The van der Waals surface area contributed by atoms with E-state index in [9.17, 15) is 4.79 Å². The van der Waals surface area contributed by atoms with Crippen molar-refractivity contribution in [2.45, 2.75) is 13.8 Å². The van der Waals surface area contributed by atoms with Gasteiger partial charge in [0.1, 0.15) is 0 Å². The Hall–Kier alpha value is -1.26. The highest BCUT2D eigenvalue weighted by atomic mass is 16.2. The smallest absolute Gasteiger partial charge is 0.227 e. The van der Waals surface area contributed by atoms with Gasteiger partial charge in [-0.15, -0.1) is 0 Å². The minimum absolute atomic E-state index is 0.00646. The first kappa shape index (κ1) is 10.7. The van der Waals surface area contributed by atoms with Gasteiger partial charge in [-0.2, -0.15) is 0 Å². The van der Waals surface area contributed by atoms with Crippen molar-refractivity contribution in [3.63, 3.8) is 0 Å². The minimum Gasteiger partial charge on any atom is -0.370 e. The zero-order chi connectivity index (χ0) is 9.78. The second-order valence-electron chi connectivity index (χ2n) is 3.20. The van der Waals surface area contributed by atoms with E-state index in [1.54, 1.807) is 20.9 Å². The van der Waals surface area contributed by atoms with E-state index in [1.165, 1.54) is 0 Å². The number of amides is 1. The van der Waals surface area contributed by atoms with Crippen LogP contribution in [0.5, 0.6) is 0 Å². The maximum Gasteiger partial charge on any atom is 0.227 e. The van der Waals surface area contributed by atoms with E-state index in [0.717, 1.165) is 0 Å². The Bertz CT molecular complexity index is 194. The molecule has 0 fully saturated rings.